The lowest BCUT2D eigenvalue weighted by atomic mass is 10.5. The Morgan fingerprint density at radius 2 is 1.92 bits per heavy atom. The zero-order chi connectivity index (χ0) is 10.1. The Morgan fingerprint density at radius 1 is 1.58 bits per heavy atom. The van der Waals surface area contributed by atoms with Crippen LogP contribution >= 0.6 is 0 Å². The molecule has 8 heteroatoms. The van der Waals surface area contributed by atoms with Crippen LogP contribution in [0.5, 0.6) is 0 Å². The SMILES string of the molecule is CC(C)=NNC(=N)N.O=[N+]([O-])[O-]. The summed E-state index contributed by atoms with van der Waals surface area (Å²) in [7, 11) is 0. The second-order valence-electron chi connectivity index (χ2n) is 1.81. The van der Waals surface area contributed by atoms with E-state index >= 15 is 0 Å². The van der Waals surface area contributed by atoms with Gasteiger partial charge in [-0.05, 0) is 13.8 Å². The molecule has 8 nitrogen and oxygen atoms in total. The molecule has 0 unspecified atom stereocenters. The van der Waals surface area contributed by atoms with Gasteiger partial charge in [0.05, 0.1) is 5.09 Å². The van der Waals surface area contributed by atoms with Crippen LogP contribution in [0.15, 0.2) is 5.10 Å². The molecule has 0 aromatic carbocycles. The first kappa shape index (κ1) is 12.8. The predicted molar refractivity (Wildman–Crippen MR) is 44.2 cm³/mol. The number of guanidine groups is 1. The zero-order valence-electron chi connectivity index (χ0n) is 6.70. The van der Waals surface area contributed by atoms with Crippen molar-refractivity contribution in [2.75, 3.05) is 0 Å². The Hall–Kier alpha value is -1.86. The van der Waals surface area contributed by atoms with Crippen molar-refractivity contribution in [3.63, 3.8) is 0 Å². The Kier molecular flexibility index (Phi) is 7.72. The molecule has 0 saturated heterocycles. The van der Waals surface area contributed by atoms with Gasteiger partial charge in [-0.2, -0.15) is 5.10 Å². The molecule has 0 fully saturated rings. The lowest BCUT2D eigenvalue weighted by Gasteiger charge is -1.93. The molecule has 4 N–H and O–H groups in total. The van der Waals surface area contributed by atoms with Gasteiger partial charge in [-0.15, -0.1) is 0 Å². The van der Waals surface area contributed by atoms with E-state index in [2.05, 4.69) is 10.5 Å². The van der Waals surface area contributed by atoms with E-state index in [0.29, 0.717) is 0 Å². The van der Waals surface area contributed by atoms with Crippen molar-refractivity contribution in [1.29, 1.82) is 5.41 Å². The largest absolute Gasteiger partial charge is 0.369 e. The molecule has 0 saturated carbocycles. The molecule has 0 aliphatic rings. The average molecular weight is 176 g/mol. The molecular weight excluding hydrogens is 166 g/mol. The maximum Gasteiger partial charge on any atom is 0.206 e. The molecular formula is C4H10N5O3-. The van der Waals surface area contributed by atoms with E-state index in [4.69, 9.17) is 26.5 Å². The monoisotopic (exact) mass is 176 g/mol. The standard InChI is InChI=1S/C4H10N4.NO3/c1-3(2)7-8-4(5)6;2-1(3)4/h1-2H3,(H4,5,6,8);/q;-1. The van der Waals surface area contributed by atoms with Crippen molar-refractivity contribution in [2.45, 2.75) is 13.8 Å². The minimum atomic E-state index is -1.75. The number of hydrazone groups is 1. The molecule has 0 aromatic rings. The lowest BCUT2D eigenvalue weighted by Crippen LogP contribution is -2.25. The number of rotatable bonds is 1. The van der Waals surface area contributed by atoms with E-state index in [1.54, 1.807) is 0 Å². The molecule has 70 valence electrons. The lowest BCUT2D eigenvalue weighted by molar-refractivity contribution is -0.402. The van der Waals surface area contributed by atoms with Gasteiger partial charge in [0.2, 0.25) is 5.96 Å². The number of hydrogen-bond donors (Lipinski definition) is 3. The Balaban J connectivity index is 0. The molecule has 0 heterocycles. The second-order valence-corrected chi connectivity index (χ2v) is 1.81. The molecule has 0 spiro atoms. The van der Waals surface area contributed by atoms with Gasteiger partial charge in [0.25, 0.3) is 0 Å². The predicted octanol–water partition coefficient (Wildman–Crippen LogP) is -0.374. The highest BCUT2D eigenvalue weighted by Gasteiger charge is 1.78. The molecule has 12 heavy (non-hydrogen) atoms. The van der Waals surface area contributed by atoms with Crippen molar-refractivity contribution in [1.82, 2.24) is 5.43 Å². The summed E-state index contributed by atoms with van der Waals surface area (Å²) in [4.78, 5) is 8.25. The number of nitrogens with one attached hydrogen (secondary N) is 2. The maximum atomic E-state index is 8.25. The van der Waals surface area contributed by atoms with Gasteiger partial charge in [-0.1, -0.05) is 0 Å². The van der Waals surface area contributed by atoms with Gasteiger partial charge in [0.15, 0.2) is 0 Å². The van der Waals surface area contributed by atoms with Crippen LogP contribution in [-0.2, 0) is 0 Å². The third kappa shape index (κ3) is 42.1. The van der Waals surface area contributed by atoms with E-state index in [0.717, 1.165) is 5.71 Å². The summed E-state index contributed by atoms with van der Waals surface area (Å²) in [6.07, 6.45) is 0. The molecule has 0 atom stereocenters. The minimum Gasteiger partial charge on any atom is -0.369 e. The quantitative estimate of drug-likeness (QED) is 0.216. The van der Waals surface area contributed by atoms with Crippen molar-refractivity contribution < 1.29 is 5.09 Å². The summed E-state index contributed by atoms with van der Waals surface area (Å²) >= 11 is 0. The summed E-state index contributed by atoms with van der Waals surface area (Å²) in [6, 6.07) is 0. The number of nitrogens with two attached hydrogens (primary N) is 1. The van der Waals surface area contributed by atoms with Crippen molar-refractivity contribution in [3.8, 4) is 0 Å². The third-order valence-corrected chi connectivity index (χ3v) is 0.400. The topological polar surface area (TPSA) is 140 Å². The number of hydrogen-bond acceptors (Lipinski definition) is 5. The smallest absolute Gasteiger partial charge is 0.206 e. The van der Waals surface area contributed by atoms with Gasteiger partial charge in [-0.3, -0.25) is 5.41 Å². The molecule has 0 bridgehead atoms. The highest BCUT2D eigenvalue weighted by molar-refractivity contribution is 5.81. The third-order valence-electron chi connectivity index (χ3n) is 0.400. The summed E-state index contributed by atoms with van der Waals surface area (Å²) in [5.74, 6) is -0.133. The Morgan fingerprint density at radius 3 is 2.00 bits per heavy atom. The molecule has 0 radical (unpaired) electrons. The summed E-state index contributed by atoms with van der Waals surface area (Å²) in [5.41, 5.74) is 8.05. The first-order valence-corrected chi connectivity index (χ1v) is 2.78. The van der Waals surface area contributed by atoms with E-state index in [9.17, 15) is 0 Å². The van der Waals surface area contributed by atoms with Crippen LogP contribution in [0.3, 0.4) is 0 Å². The van der Waals surface area contributed by atoms with Gasteiger partial charge in [0, 0.05) is 5.71 Å². The van der Waals surface area contributed by atoms with Crippen LogP contribution in [0.1, 0.15) is 13.8 Å². The fourth-order valence-electron chi connectivity index (χ4n) is 0.172. The number of nitrogens with zero attached hydrogens (tertiary/aromatic N) is 2. The van der Waals surface area contributed by atoms with Gasteiger partial charge in [-0.25, -0.2) is 5.43 Å². The van der Waals surface area contributed by atoms with Crippen LogP contribution in [0.25, 0.3) is 0 Å². The van der Waals surface area contributed by atoms with Crippen molar-refractivity contribution in [2.24, 2.45) is 10.8 Å². The van der Waals surface area contributed by atoms with Crippen molar-refractivity contribution in [3.05, 3.63) is 15.3 Å². The summed E-state index contributed by atoms with van der Waals surface area (Å²) in [5, 5.41) is 25.0. The van der Waals surface area contributed by atoms with Crippen LogP contribution in [0.4, 0.5) is 0 Å². The van der Waals surface area contributed by atoms with Crippen LogP contribution < -0.4 is 11.2 Å². The molecule has 0 aliphatic carbocycles. The molecule has 0 amide bonds. The molecule has 0 aromatic heterocycles. The highest BCUT2D eigenvalue weighted by atomic mass is 16.9. The Labute approximate surface area is 68.7 Å². The average Bonchev–Trinajstić information content (AvgIpc) is 1.82. The maximum absolute atomic E-state index is 8.25. The fourth-order valence-corrected chi connectivity index (χ4v) is 0.172. The Bertz CT molecular complexity index is 181. The normalized spacial score (nSPS) is 7.17. The zero-order valence-corrected chi connectivity index (χ0v) is 6.70. The highest BCUT2D eigenvalue weighted by Crippen LogP contribution is 1.66. The summed E-state index contributed by atoms with van der Waals surface area (Å²) in [6.45, 7) is 3.63. The second kappa shape index (κ2) is 7.25. The van der Waals surface area contributed by atoms with E-state index in [-0.39, 0.29) is 5.96 Å². The van der Waals surface area contributed by atoms with E-state index in [1.807, 2.05) is 13.8 Å². The minimum absolute atomic E-state index is 0.133. The van der Waals surface area contributed by atoms with E-state index in [1.165, 1.54) is 0 Å². The van der Waals surface area contributed by atoms with Crippen LogP contribution in [-0.4, -0.2) is 16.8 Å². The molecule has 0 rings (SSSR count). The van der Waals surface area contributed by atoms with Crippen molar-refractivity contribution >= 4 is 11.7 Å². The van der Waals surface area contributed by atoms with E-state index < -0.39 is 5.09 Å². The first-order valence-electron chi connectivity index (χ1n) is 2.78. The van der Waals surface area contributed by atoms with Crippen LogP contribution in [0, 0.1) is 20.7 Å². The van der Waals surface area contributed by atoms with Crippen LogP contribution in [0.2, 0.25) is 0 Å². The molecule has 0 aliphatic heterocycles. The fraction of sp³-hybridized carbons (Fsp3) is 0.500. The van der Waals surface area contributed by atoms with Gasteiger partial charge < -0.3 is 21.1 Å². The van der Waals surface area contributed by atoms with Gasteiger partial charge in [0.1, 0.15) is 0 Å². The van der Waals surface area contributed by atoms with Gasteiger partial charge >= 0.3 is 0 Å². The summed E-state index contributed by atoms with van der Waals surface area (Å²) < 4.78 is 0. The first-order chi connectivity index (χ1) is 5.36.